The second kappa shape index (κ2) is 7.52. The maximum atomic E-state index is 4.99. The zero-order valence-electron chi connectivity index (χ0n) is 12.7. The Kier molecular flexibility index (Phi) is 5.70. The van der Waals surface area contributed by atoms with E-state index in [-0.39, 0.29) is 0 Å². The minimum Gasteiger partial charge on any atom is -0.383 e. The summed E-state index contributed by atoms with van der Waals surface area (Å²) < 4.78 is 4.99. The second-order valence-electron chi connectivity index (χ2n) is 5.34. The summed E-state index contributed by atoms with van der Waals surface area (Å²) >= 11 is 0. The molecule has 112 valence electrons. The molecule has 1 atom stereocenters. The van der Waals surface area contributed by atoms with Gasteiger partial charge in [-0.15, -0.1) is 0 Å². The molecule has 0 radical (unpaired) electrons. The normalized spacial score (nSPS) is 20.4. The lowest BCUT2D eigenvalue weighted by Crippen LogP contribution is -2.50. The van der Waals surface area contributed by atoms with Gasteiger partial charge in [0.25, 0.3) is 0 Å². The Morgan fingerprint density at radius 1 is 1.35 bits per heavy atom. The molecule has 1 unspecified atom stereocenters. The standard InChI is InChI=1S/C14H25N5O/c1-12-11-19(6-5-18(12)2)14-16-9-13(10-17-14)8-15-4-7-20-3/h9-10,12,15H,4-8,11H2,1-3H3. The van der Waals surface area contributed by atoms with Crippen molar-refractivity contribution in [1.82, 2.24) is 20.2 Å². The Bertz CT molecular complexity index is 397. The summed E-state index contributed by atoms with van der Waals surface area (Å²) in [5.74, 6) is 0.839. The summed E-state index contributed by atoms with van der Waals surface area (Å²) in [5, 5.41) is 3.29. The quantitative estimate of drug-likeness (QED) is 0.759. The van der Waals surface area contributed by atoms with E-state index in [1.54, 1.807) is 7.11 Å². The molecule has 1 fully saturated rings. The maximum absolute atomic E-state index is 4.99. The highest BCUT2D eigenvalue weighted by atomic mass is 16.5. The van der Waals surface area contributed by atoms with Crippen LogP contribution in [-0.2, 0) is 11.3 Å². The molecule has 1 aromatic heterocycles. The van der Waals surface area contributed by atoms with Gasteiger partial charge in [0.05, 0.1) is 6.61 Å². The largest absolute Gasteiger partial charge is 0.383 e. The Morgan fingerprint density at radius 3 is 2.75 bits per heavy atom. The van der Waals surface area contributed by atoms with E-state index in [0.29, 0.717) is 6.04 Å². The maximum Gasteiger partial charge on any atom is 0.225 e. The van der Waals surface area contributed by atoms with Crippen LogP contribution in [0.15, 0.2) is 12.4 Å². The van der Waals surface area contributed by atoms with Gasteiger partial charge in [0.1, 0.15) is 0 Å². The van der Waals surface area contributed by atoms with E-state index in [2.05, 4.69) is 39.1 Å². The fourth-order valence-electron chi connectivity index (χ4n) is 2.24. The smallest absolute Gasteiger partial charge is 0.225 e. The first kappa shape index (κ1) is 15.2. The topological polar surface area (TPSA) is 53.5 Å². The van der Waals surface area contributed by atoms with Crippen molar-refractivity contribution in [2.75, 3.05) is 51.8 Å². The van der Waals surface area contributed by atoms with Crippen molar-refractivity contribution in [1.29, 1.82) is 0 Å². The molecule has 0 aliphatic carbocycles. The first-order valence-electron chi connectivity index (χ1n) is 7.16. The molecule has 20 heavy (non-hydrogen) atoms. The summed E-state index contributed by atoms with van der Waals surface area (Å²) in [4.78, 5) is 13.6. The Balaban J connectivity index is 1.85. The number of likely N-dealkylation sites (N-methyl/N-ethyl adjacent to an activating group) is 1. The van der Waals surface area contributed by atoms with Crippen LogP contribution in [0.5, 0.6) is 0 Å². The highest BCUT2D eigenvalue weighted by Crippen LogP contribution is 2.13. The van der Waals surface area contributed by atoms with Gasteiger partial charge in [-0.05, 0) is 14.0 Å². The Morgan fingerprint density at radius 2 is 2.10 bits per heavy atom. The van der Waals surface area contributed by atoms with E-state index in [1.807, 2.05) is 12.4 Å². The molecule has 1 aromatic rings. The number of ether oxygens (including phenoxy) is 1. The number of anilines is 1. The third-order valence-electron chi connectivity index (χ3n) is 3.75. The van der Waals surface area contributed by atoms with E-state index >= 15 is 0 Å². The van der Waals surface area contributed by atoms with Gasteiger partial charge in [0, 0.05) is 63.8 Å². The third kappa shape index (κ3) is 4.13. The molecule has 1 N–H and O–H groups in total. The van der Waals surface area contributed by atoms with Crippen LogP contribution in [0.2, 0.25) is 0 Å². The molecule has 1 saturated heterocycles. The monoisotopic (exact) mass is 279 g/mol. The van der Waals surface area contributed by atoms with Crippen LogP contribution in [0.1, 0.15) is 12.5 Å². The molecule has 6 heteroatoms. The predicted octanol–water partition coefficient (Wildman–Crippen LogP) is 0.353. The minimum atomic E-state index is 0.544. The van der Waals surface area contributed by atoms with E-state index in [4.69, 9.17) is 4.74 Å². The van der Waals surface area contributed by atoms with E-state index < -0.39 is 0 Å². The Labute approximate surface area is 121 Å². The fourth-order valence-corrected chi connectivity index (χ4v) is 2.24. The average Bonchev–Trinajstić information content (AvgIpc) is 2.47. The van der Waals surface area contributed by atoms with Gasteiger partial charge in [0.15, 0.2) is 0 Å². The Hall–Kier alpha value is -1.24. The molecule has 2 rings (SSSR count). The lowest BCUT2D eigenvalue weighted by molar-refractivity contribution is 0.199. The summed E-state index contributed by atoms with van der Waals surface area (Å²) in [6, 6.07) is 0.544. The molecule has 1 aliphatic heterocycles. The van der Waals surface area contributed by atoms with Gasteiger partial charge in [-0.1, -0.05) is 0 Å². The van der Waals surface area contributed by atoms with Crippen LogP contribution < -0.4 is 10.2 Å². The molecule has 1 aliphatic rings. The molecule has 0 bridgehead atoms. The first-order valence-corrected chi connectivity index (χ1v) is 7.16. The van der Waals surface area contributed by atoms with Crippen LogP contribution in [0.25, 0.3) is 0 Å². The summed E-state index contributed by atoms with van der Waals surface area (Å²) in [6.45, 7) is 7.62. The molecule has 0 amide bonds. The molecule has 0 aromatic carbocycles. The van der Waals surface area contributed by atoms with Crippen molar-refractivity contribution in [2.24, 2.45) is 0 Å². The van der Waals surface area contributed by atoms with Gasteiger partial charge in [-0.25, -0.2) is 9.97 Å². The van der Waals surface area contributed by atoms with Gasteiger partial charge in [-0.3, -0.25) is 0 Å². The van der Waals surface area contributed by atoms with Crippen LogP contribution in [0.3, 0.4) is 0 Å². The molecular formula is C14H25N5O. The lowest BCUT2D eigenvalue weighted by Gasteiger charge is -2.37. The number of piperazine rings is 1. The molecule has 0 saturated carbocycles. The van der Waals surface area contributed by atoms with Gasteiger partial charge >= 0.3 is 0 Å². The fraction of sp³-hybridized carbons (Fsp3) is 0.714. The van der Waals surface area contributed by atoms with E-state index in [9.17, 15) is 0 Å². The molecule has 6 nitrogen and oxygen atoms in total. The zero-order valence-corrected chi connectivity index (χ0v) is 12.7. The van der Waals surface area contributed by atoms with Crippen LogP contribution in [0.4, 0.5) is 5.95 Å². The van der Waals surface area contributed by atoms with Crippen molar-refractivity contribution in [3.8, 4) is 0 Å². The van der Waals surface area contributed by atoms with Crippen molar-refractivity contribution in [2.45, 2.75) is 19.5 Å². The van der Waals surface area contributed by atoms with E-state index in [0.717, 1.165) is 50.8 Å². The highest BCUT2D eigenvalue weighted by Gasteiger charge is 2.22. The predicted molar refractivity (Wildman–Crippen MR) is 79.9 cm³/mol. The van der Waals surface area contributed by atoms with Crippen LogP contribution in [0, 0.1) is 0 Å². The number of aromatic nitrogens is 2. The van der Waals surface area contributed by atoms with Crippen molar-refractivity contribution < 1.29 is 4.74 Å². The zero-order chi connectivity index (χ0) is 14.4. The van der Waals surface area contributed by atoms with Crippen molar-refractivity contribution in [3.63, 3.8) is 0 Å². The van der Waals surface area contributed by atoms with Crippen LogP contribution in [-0.4, -0.2) is 67.9 Å². The minimum absolute atomic E-state index is 0.544. The highest BCUT2D eigenvalue weighted by molar-refractivity contribution is 5.31. The summed E-state index contributed by atoms with van der Waals surface area (Å²) in [5.41, 5.74) is 1.10. The van der Waals surface area contributed by atoms with Crippen molar-refractivity contribution >= 4 is 5.95 Å². The SMILES string of the molecule is COCCNCc1cnc(N2CCN(C)C(C)C2)nc1. The average molecular weight is 279 g/mol. The van der Waals surface area contributed by atoms with Gasteiger partial charge in [0.2, 0.25) is 5.95 Å². The molecule has 0 spiro atoms. The van der Waals surface area contributed by atoms with Crippen molar-refractivity contribution in [3.05, 3.63) is 18.0 Å². The number of hydrogen-bond acceptors (Lipinski definition) is 6. The number of methoxy groups -OCH3 is 1. The van der Waals surface area contributed by atoms with E-state index in [1.165, 1.54) is 0 Å². The number of hydrogen-bond donors (Lipinski definition) is 1. The summed E-state index contributed by atoms with van der Waals surface area (Å²) in [7, 11) is 3.87. The van der Waals surface area contributed by atoms with Gasteiger partial charge in [-0.2, -0.15) is 0 Å². The number of nitrogens with one attached hydrogen (secondary N) is 1. The molecular weight excluding hydrogens is 254 g/mol. The molecule has 2 heterocycles. The third-order valence-corrected chi connectivity index (χ3v) is 3.75. The summed E-state index contributed by atoms with van der Waals surface area (Å²) in [6.07, 6.45) is 3.82. The second-order valence-corrected chi connectivity index (χ2v) is 5.34. The van der Waals surface area contributed by atoms with Gasteiger partial charge < -0.3 is 19.9 Å². The van der Waals surface area contributed by atoms with Crippen LogP contribution >= 0.6 is 0 Å². The number of rotatable bonds is 6. The lowest BCUT2D eigenvalue weighted by atomic mass is 10.2. The number of nitrogens with zero attached hydrogens (tertiary/aromatic N) is 4. The first-order chi connectivity index (χ1) is 9.70.